The molecule has 0 bridgehead atoms. The van der Waals surface area contributed by atoms with E-state index in [1.807, 2.05) is 19.1 Å². The van der Waals surface area contributed by atoms with Crippen molar-refractivity contribution in [3.05, 3.63) is 41.2 Å². The maximum atomic E-state index is 13.3. The molecule has 1 N–H and O–H groups in total. The Morgan fingerprint density at radius 2 is 1.88 bits per heavy atom. The first-order valence-electron chi connectivity index (χ1n) is 8.59. The highest BCUT2D eigenvalue weighted by atomic mass is 32.2. The third kappa shape index (κ3) is 3.39. The summed E-state index contributed by atoms with van der Waals surface area (Å²) in [4.78, 5) is 13.0. The van der Waals surface area contributed by atoms with Gasteiger partial charge in [-0.25, -0.2) is 8.42 Å². The van der Waals surface area contributed by atoms with Gasteiger partial charge in [0.05, 0.1) is 16.8 Å². The Morgan fingerprint density at radius 1 is 1.23 bits per heavy atom. The Labute approximate surface area is 154 Å². The van der Waals surface area contributed by atoms with Gasteiger partial charge in [-0.1, -0.05) is 17.7 Å². The van der Waals surface area contributed by atoms with Crippen molar-refractivity contribution in [2.24, 2.45) is 7.05 Å². The molecule has 8 heteroatoms. The molecule has 26 heavy (non-hydrogen) atoms. The second kappa shape index (κ2) is 6.85. The van der Waals surface area contributed by atoms with Crippen LogP contribution in [0.2, 0.25) is 0 Å². The van der Waals surface area contributed by atoms with E-state index in [9.17, 15) is 13.2 Å². The number of nitrogens with one attached hydrogen (secondary N) is 1. The molecule has 3 rings (SSSR count). The second-order valence-electron chi connectivity index (χ2n) is 6.89. The topological polar surface area (TPSA) is 84.3 Å². The molecule has 1 aromatic heterocycles. The van der Waals surface area contributed by atoms with Gasteiger partial charge in [-0.2, -0.15) is 9.40 Å². The van der Waals surface area contributed by atoms with E-state index in [2.05, 4.69) is 10.4 Å². The Morgan fingerprint density at radius 3 is 2.46 bits per heavy atom. The lowest BCUT2D eigenvalue weighted by molar-refractivity contribution is -0.119. The summed E-state index contributed by atoms with van der Waals surface area (Å²) < 4.78 is 29.5. The van der Waals surface area contributed by atoms with Gasteiger partial charge in [0.1, 0.15) is 6.04 Å². The molecule has 7 nitrogen and oxygen atoms in total. The Balaban J connectivity index is 1.90. The zero-order chi connectivity index (χ0) is 19.1. The summed E-state index contributed by atoms with van der Waals surface area (Å²) in [6.45, 7) is 5.89. The number of hydrogen-bond donors (Lipinski definition) is 1. The number of aromatic nitrogens is 2. The lowest BCUT2D eigenvalue weighted by atomic mass is 10.1. The predicted octanol–water partition coefficient (Wildman–Crippen LogP) is 2.14. The fraction of sp³-hybridized carbons (Fsp3) is 0.444. The number of anilines is 1. The smallest absolute Gasteiger partial charge is 0.244 e. The van der Waals surface area contributed by atoms with Crippen molar-refractivity contribution in [2.75, 3.05) is 11.9 Å². The molecule has 1 amide bonds. The number of nitrogens with zero attached hydrogens (tertiary/aromatic N) is 3. The number of aryl methyl sites for hydroxylation is 4. The third-order valence-electron chi connectivity index (χ3n) is 4.65. The van der Waals surface area contributed by atoms with E-state index < -0.39 is 16.1 Å². The molecule has 1 fully saturated rings. The van der Waals surface area contributed by atoms with Crippen molar-refractivity contribution in [2.45, 2.75) is 44.6 Å². The van der Waals surface area contributed by atoms with Crippen molar-refractivity contribution in [1.29, 1.82) is 0 Å². The molecule has 2 aromatic rings. The second-order valence-corrected chi connectivity index (χ2v) is 8.72. The molecule has 0 radical (unpaired) electrons. The molecule has 1 atom stereocenters. The van der Waals surface area contributed by atoms with Gasteiger partial charge in [-0.3, -0.25) is 9.48 Å². The minimum absolute atomic E-state index is 0.309. The van der Waals surface area contributed by atoms with Gasteiger partial charge in [0.25, 0.3) is 0 Å². The molecule has 0 unspecified atom stereocenters. The first-order chi connectivity index (χ1) is 12.2. The summed E-state index contributed by atoms with van der Waals surface area (Å²) >= 11 is 0. The van der Waals surface area contributed by atoms with Crippen LogP contribution in [0.3, 0.4) is 0 Å². The van der Waals surface area contributed by atoms with Gasteiger partial charge in [-0.05, 0) is 44.7 Å². The number of carbonyl (C=O) groups is 1. The van der Waals surface area contributed by atoms with Crippen LogP contribution in [0.15, 0.2) is 29.4 Å². The van der Waals surface area contributed by atoms with Crippen LogP contribution in [0.4, 0.5) is 5.69 Å². The van der Waals surface area contributed by atoms with Crippen molar-refractivity contribution < 1.29 is 13.2 Å². The van der Waals surface area contributed by atoms with Crippen molar-refractivity contribution in [3.63, 3.8) is 0 Å². The number of sulfonamides is 1. The van der Waals surface area contributed by atoms with Gasteiger partial charge < -0.3 is 5.32 Å². The molecule has 2 heterocycles. The fourth-order valence-corrected chi connectivity index (χ4v) is 5.76. The molecule has 0 spiro atoms. The SMILES string of the molecule is Cc1cc(C)c(S(=O)(=O)N2CCC[C@H]2C(=O)Nc2cnn(C)c2)c(C)c1. The van der Waals surface area contributed by atoms with Gasteiger partial charge >= 0.3 is 0 Å². The van der Waals surface area contributed by atoms with Crippen LogP contribution in [0.25, 0.3) is 0 Å². The van der Waals surface area contributed by atoms with Crippen LogP contribution in [0.5, 0.6) is 0 Å². The highest BCUT2D eigenvalue weighted by molar-refractivity contribution is 7.89. The standard InChI is InChI=1S/C18H24N4O3S/c1-12-8-13(2)17(14(3)9-12)26(24,25)22-7-5-6-16(22)18(23)20-15-10-19-21(4)11-15/h8-11,16H,5-7H2,1-4H3,(H,20,23)/t16-/m0/s1. The molecule has 1 aromatic carbocycles. The lowest BCUT2D eigenvalue weighted by Gasteiger charge is -2.25. The summed E-state index contributed by atoms with van der Waals surface area (Å²) in [6.07, 6.45) is 4.39. The summed E-state index contributed by atoms with van der Waals surface area (Å²) in [7, 11) is -1.99. The first-order valence-corrected chi connectivity index (χ1v) is 10.0. The summed E-state index contributed by atoms with van der Waals surface area (Å²) in [5.74, 6) is -0.318. The van der Waals surface area contributed by atoms with Gasteiger partial charge in [0.15, 0.2) is 0 Å². The van der Waals surface area contributed by atoms with Crippen LogP contribution in [0, 0.1) is 20.8 Å². The fourth-order valence-electron chi connectivity index (χ4n) is 3.69. The number of benzene rings is 1. The van der Waals surface area contributed by atoms with Gasteiger partial charge in [0.2, 0.25) is 15.9 Å². The molecule has 1 saturated heterocycles. The zero-order valence-corrected chi connectivity index (χ0v) is 16.3. The van der Waals surface area contributed by atoms with Crippen molar-refractivity contribution >= 4 is 21.6 Å². The third-order valence-corrected chi connectivity index (χ3v) is 6.86. The predicted molar refractivity (Wildman–Crippen MR) is 99.4 cm³/mol. The monoisotopic (exact) mass is 376 g/mol. The first kappa shape index (κ1) is 18.6. The van der Waals surface area contributed by atoms with Crippen LogP contribution < -0.4 is 5.32 Å². The van der Waals surface area contributed by atoms with E-state index in [1.54, 1.807) is 38.0 Å². The largest absolute Gasteiger partial charge is 0.322 e. The summed E-state index contributed by atoms with van der Waals surface area (Å²) in [5.41, 5.74) is 3.00. The molecule has 0 saturated carbocycles. The van der Waals surface area contributed by atoms with E-state index >= 15 is 0 Å². The van der Waals surface area contributed by atoms with E-state index in [4.69, 9.17) is 0 Å². The number of carbonyl (C=O) groups excluding carboxylic acids is 1. The van der Waals surface area contributed by atoms with Gasteiger partial charge in [0, 0.05) is 19.8 Å². The van der Waals surface area contributed by atoms with Crippen molar-refractivity contribution in [1.82, 2.24) is 14.1 Å². The molecule has 1 aliphatic heterocycles. The highest BCUT2D eigenvalue weighted by Gasteiger charge is 2.40. The maximum absolute atomic E-state index is 13.3. The van der Waals surface area contributed by atoms with Crippen LogP contribution in [-0.2, 0) is 21.9 Å². The molecular formula is C18H24N4O3S. The summed E-state index contributed by atoms with van der Waals surface area (Å²) in [5, 5.41) is 6.78. The maximum Gasteiger partial charge on any atom is 0.244 e. The molecule has 140 valence electrons. The number of rotatable bonds is 4. The van der Waals surface area contributed by atoms with Crippen LogP contribution in [0.1, 0.15) is 29.5 Å². The van der Waals surface area contributed by atoms with Crippen molar-refractivity contribution in [3.8, 4) is 0 Å². The molecule has 0 aliphatic carbocycles. The lowest BCUT2D eigenvalue weighted by Crippen LogP contribution is -2.43. The molecular weight excluding hydrogens is 352 g/mol. The Bertz CT molecular complexity index is 926. The van der Waals surface area contributed by atoms with E-state index in [0.717, 1.165) is 5.56 Å². The number of amides is 1. The average molecular weight is 376 g/mol. The normalized spacial score (nSPS) is 18.2. The average Bonchev–Trinajstić information content (AvgIpc) is 3.15. The van der Waals surface area contributed by atoms with Crippen LogP contribution in [-0.4, -0.2) is 41.0 Å². The quantitative estimate of drug-likeness (QED) is 0.886. The van der Waals surface area contributed by atoms with E-state index in [1.165, 1.54) is 4.31 Å². The Kier molecular flexibility index (Phi) is 4.90. The van der Waals surface area contributed by atoms with E-state index in [-0.39, 0.29) is 5.91 Å². The summed E-state index contributed by atoms with van der Waals surface area (Å²) in [6, 6.07) is 3.02. The highest BCUT2D eigenvalue weighted by Crippen LogP contribution is 2.31. The van der Waals surface area contributed by atoms with E-state index in [0.29, 0.717) is 41.1 Å². The number of hydrogen-bond acceptors (Lipinski definition) is 4. The zero-order valence-electron chi connectivity index (χ0n) is 15.5. The minimum atomic E-state index is -3.75. The van der Waals surface area contributed by atoms with Gasteiger partial charge in [-0.15, -0.1) is 0 Å². The van der Waals surface area contributed by atoms with Crippen LogP contribution >= 0.6 is 0 Å². The molecule has 1 aliphatic rings. The minimum Gasteiger partial charge on any atom is -0.322 e. The Hall–Kier alpha value is -2.19.